The topological polar surface area (TPSA) is 89.3 Å². The summed E-state index contributed by atoms with van der Waals surface area (Å²) in [6.45, 7) is 2.35. The number of nitrogens with zero attached hydrogens (tertiary/aromatic N) is 3. The molecule has 1 saturated heterocycles. The third-order valence-electron chi connectivity index (χ3n) is 5.30. The van der Waals surface area contributed by atoms with Gasteiger partial charge in [0.05, 0.1) is 28.2 Å². The molecule has 1 aliphatic carbocycles. The molecule has 9 heteroatoms. The molecule has 0 spiro atoms. The van der Waals surface area contributed by atoms with Gasteiger partial charge in [0.15, 0.2) is 15.0 Å². The Hall–Kier alpha value is -1.87. The maximum atomic E-state index is 12.9. The van der Waals surface area contributed by atoms with Crippen molar-refractivity contribution in [3.8, 4) is 0 Å². The molecule has 2 heterocycles. The Morgan fingerprint density at radius 1 is 1.25 bits per heavy atom. The summed E-state index contributed by atoms with van der Waals surface area (Å²) in [5.41, 5.74) is 0.511. The van der Waals surface area contributed by atoms with E-state index in [-0.39, 0.29) is 40.8 Å². The summed E-state index contributed by atoms with van der Waals surface area (Å²) >= 11 is 1.25. The number of benzene rings is 1. The number of aromatic nitrogens is 2. The number of carbonyl (C=O) groups is 1. The molecule has 2 aliphatic rings. The molecule has 1 aliphatic heterocycles. The Kier molecular flexibility index (Phi) is 5.22. The monoisotopic (exact) mass is 421 g/mol. The van der Waals surface area contributed by atoms with Crippen LogP contribution in [0.15, 0.2) is 34.2 Å². The van der Waals surface area contributed by atoms with Crippen LogP contribution in [0.5, 0.6) is 0 Å². The zero-order valence-electron chi connectivity index (χ0n) is 15.7. The van der Waals surface area contributed by atoms with Gasteiger partial charge in [-0.05, 0) is 38.3 Å². The number of amides is 1. The van der Waals surface area contributed by atoms with Crippen molar-refractivity contribution in [3.63, 3.8) is 0 Å². The molecule has 1 aromatic heterocycles. The normalized spacial score (nSPS) is 21.1. The van der Waals surface area contributed by atoms with Crippen LogP contribution in [0.4, 0.5) is 0 Å². The van der Waals surface area contributed by atoms with E-state index in [9.17, 15) is 18.0 Å². The van der Waals surface area contributed by atoms with Gasteiger partial charge in [-0.1, -0.05) is 23.9 Å². The molecule has 7 nitrogen and oxygen atoms in total. The van der Waals surface area contributed by atoms with Gasteiger partial charge in [-0.3, -0.25) is 14.2 Å². The molecule has 2 aromatic rings. The fourth-order valence-corrected chi connectivity index (χ4v) is 6.43. The number of fused-ring (bicyclic) bond motifs is 1. The lowest BCUT2D eigenvalue weighted by molar-refractivity contribution is -0.130. The van der Waals surface area contributed by atoms with Crippen molar-refractivity contribution >= 4 is 38.4 Å². The predicted molar refractivity (Wildman–Crippen MR) is 109 cm³/mol. The SMILES string of the molecule is CCn1c(SCC(=O)N(C2CC2)[C@H]2CCS(=O)(=O)C2)nc2ccccc2c1=O. The van der Waals surface area contributed by atoms with Crippen LogP contribution in [-0.4, -0.2) is 58.1 Å². The molecule has 1 saturated carbocycles. The highest BCUT2D eigenvalue weighted by molar-refractivity contribution is 7.99. The second-order valence-electron chi connectivity index (χ2n) is 7.34. The summed E-state index contributed by atoms with van der Waals surface area (Å²) in [7, 11) is -3.05. The number of rotatable bonds is 6. The van der Waals surface area contributed by atoms with E-state index in [1.54, 1.807) is 21.6 Å². The summed E-state index contributed by atoms with van der Waals surface area (Å²) in [6, 6.07) is 7.13. The van der Waals surface area contributed by atoms with Crippen LogP contribution in [0.25, 0.3) is 10.9 Å². The van der Waals surface area contributed by atoms with Crippen LogP contribution < -0.4 is 5.56 Å². The van der Waals surface area contributed by atoms with Crippen molar-refractivity contribution in [2.75, 3.05) is 17.3 Å². The minimum absolute atomic E-state index is 0.0633. The Bertz CT molecular complexity index is 1080. The van der Waals surface area contributed by atoms with E-state index >= 15 is 0 Å². The molecule has 0 radical (unpaired) electrons. The molecule has 1 aromatic carbocycles. The molecule has 2 fully saturated rings. The van der Waals surface area contributed by atoms with E-state index in [0.29, 0.717) is 29.0 Å². The van der Waals surface area contributed by atoms with Crippen molar-refractivity contribution in [2.45, 2.75) is 50.0 Å². The molecule has 4 rings (SSSR count). The molecular formula is C19H23N3O4S2. The second-order valence-corrected chi connectivity index (χ2v) is 10.5. The summed E-state index contributed by atoms with van der Waals surface area (Å²) in [5.74, 6) is 0.300. The van der Waals surface area contributed by atoms with Crippen molar-refractivity contribution in [1.82, 2.24) is 14.5 Å². The average Bonchev–Trinajstić information content (AvgIpc) is 3.43. The van der Waals surface area contributed by atoms with Gasteiger partial charge in [-0.25, -0.2) is 13.4 Å². The van der Waals surface area contributed by atoms with Crippen LogP contribution in [-0.2, 0) is 21.2 Å². The van der Waals surface area contributed by atoms with Crippen LogP contribution in [0, 0.1) is 0 Å². The Morgan fingerprint density at radius 3 is 2.64 bits per heavy atom. The summed E-state index contributed by atoms with van der Waals surface area (Å²) in [6.07, 6.45) is 2.38. The van der Waals surface area contributed by atoms with Crippen molar-refractivity contribution in [1.29, 1.82) is 0 Å². The van der Waals surface area contributed by atoms with Gasteiger partial charge in [0, 0.05) is 18.6 Å². The summed E-state index contributed by atoms with van der Waals surface area (Å²) in [4.78, 5) is 32.0. The van der Waals surface area contributed by atoms with E-state index in [2.05, 4.69) is 4.98 Å². The van der Waals surface area contributed by atoms with E-state index in [1.807, 2.05) is 19.1 Å². The van der Waals surface area contributed by atoms with Gasteiger partial charge in [0.25, 0.3) is 5.56 Å². The van der Waals surface area contributed by atoms with Gasteiger partial charge in [0.2, 0.25) is 5.91 Å². The molecule has 1 atom stereocenters. The van der Waals surface area contributed by atoms with Crippen molar-refractivity contribution in [3.05, 3.63) is 34.6 Å². The van der Waals surface area contributed by atoms with Crippen molar-refractivity contribution in [2.24, 2.45) is 0 Å². The average molecular weight is 422 g/mol. The molecule has 0 bridgehead atoms. The zero-order valence-corrected chi connectivity index (χ0v) is 17.3. The van der Waals surface area contributed by atoms with Gasteiger partial charge in [-0.15, -0.1) is 0 Å². The standard InChI is InChI=1S/C19H23N3O4S2/c1-2-21-18(24)15-5-3-4-6-16(15)20-19(21)27-11-17(23)22(13-7-8-13)14-9-10-28(25,26)12-14/h3-6,13-14H,2,7-12H2,1H3/t14-/m0/s1. The Morgan fingerprint density at radius 2 is 2.00 bits per heavy atom. The first-order chi connectivity index (χ1) is 13.4. The number of carbonyl (C=O) groups excluding carboxylic acids is 1. The predicted octanol–water partition coefficient (Wildman–Crippen LogP) is 1.69. The minimum atomic E-state index is -3.05. The zero-order chi connectivity index (χ0) is 19.9. The van der Waals surface area contributed by atoms with Crippen LogP contribution in [0.1, 0.15) is 26.2 Å². The fraction of sp³-hybridized carbons (Fsp3) is 0.526. The number of thioether (sulfide) groups is 1. The minimum Gasteiger partial charge on any atom is -0.335 e. The quantitative estimate of drug-likeness (QED) is 0.521. The number of hydrogen-bond donors (Lipinski definition) is 0. The molecule has 28 heavy (non-hydrogen) atoms. The van der Waals surface area contributed by atoms with Gasteiger partial charge >= 0.3 is 0 Å². The number of para-hydroxylation sites is 1. The molecule has 0 unspecified atom stereocenters. The third kappa shape index (κ3) is 3.82. The van der Waals surface area contributed by atoms with Gasteiger partial charge in [-0.2, -0.15) is 0 Å². The smallest absolute Gasteiger partial charge is 0.262 e. The largest absolute Gasteiger partial charge is 0.335 e. The lowest BCUT2D eigenvalue weighted by Crippen LogP contribution is -2.43. The van der Waals surface area contributed by atoms with Crippen molar-refractivity contribution < 1.29 is 13.2 Å². The highest BCUT2D eigenvalue weighted by atomic mass is 32.2. The van der Waals surface area contributed by atoms with Crippen LogP contribution >= 0.6 is 11.8 Å². The van der Waals surface area contributed by atoms with E-state index < -0.39 is 9.84 Å². The molecule has 0 N–H and O–H groups in total. The molecule has 1 amide bonds. The maximum absolute atomic E-state index is 12.9. The second kappa shape index (κ2) is 7.51. The van der Waals surface area contributed by atoms with Crippen LogP contribution in [0.3, 0.4) is 0 Å². The molecule has 150 valence electrons. The van der Waals surface area contributed by atoms with E-state index in [4.69, 9.17) is 0 Å². The fourth-order valence-electron chi connectivity index (χ4n) is 3.79. The van der Waals surface area contributed by atoms with Gasteiger partial charge in [0.1, 0.15) is 0 Å². The third-order valence-corrected chi connectivity index (χ3v) is 8.01. The number of hydrogen-bond acceptors (Lipinski definition) is 6. The summed E-state index contributed by atoms with van der Waals surface area (Å²) in [5, 5.41) is 1.09. The first kappa shape index (κ1) is 19.4. The summed E-state index contributed by atoms with van der Waals surface area (Å²) < 4.78 is 25.3. The van der Waals surface area contributed by atoms with E-state index in [0.717, 1.165) is 12.8 Å². The Labute approximate surface area is 168 Å². The maximum Gasteiger partial charge on any atom is 0.262 e. The lowest BCUT2D eigenvalue weighted by atomic mass is 10.2. The first-order valence-electron chi connectivity index (χ1n) is 9.53. The Balaban J connectivity index is 1.55. The highest BCUT2D eigenvalue weighted by Crippen LogP contribution is 2.33. The lowest BCUT2D eigenvalue weighted by Gasteiger charge is -2.28. The highest BCUT2D eigenvalue weighted by Gasteiger charge is 2.41. The van der Waals surface area contributed by atoms with Gasteiger partial charge < -0.3 is 4.90 Å². The van der Waals surface area contributed by atoms with Crippen LogP contribution in [0.2, 0.25) is 0 Å². The first-order valence-corrected chi connectivity index (χ1v) is 12.3. The number of sulfone groups is 1. The molecular weight excluding hydrogens is 398 g/mol. The van der Waals surface area contributed by atoms with E-state index in [1.165, 1.54) is 11.8 Å².